The molecule has 1 N–H and O–H groups in total. The van der Waals surface area contributed by atoms with Gasteiger partial charge in [-0.2, -0.15) is 0 Å². The van der Waals surface area contributed by atoms with E-state index in [2.05, 4.69) is 20.4 Å². The number of thioether (sulfide) groups is 1. The first-order chi connectivity index (χ1) is 14.0. The van der Waals surface area contributed by atoms with Crippen LogP contribution >= 0.6 is 11.8 Å². The van der Waals surface area contributed by atoms with Crippen LogP contribution in [0.1, 0.15) is 20.7 Å². The van der Waals surface area contributed by atoms with Crippen LogP contribution in [0.15, 0.2) is 23.4 Å². The van der Waals surface area contributed by atoms with E-state index in [1.807, 2.05) is 11.6 Å². The lowest BCUT2D eigenvalue weighted by Gasteiger charge is -2.27. The lowest BCUT2D eigenvalue weighted by Crippen LogP contribution is -2.37. The average molecular weight is 416 g/mol. The second kappa shape index (κ2) is 7.84. The molecule has 2 aromatic rings. The smallest absolute Gasteiger partial charge is 0.261 e. The van der Waals surface area contributed by atoms with E-state index in [1.165, 1.54) is 24.9 Å². The molecule has 0 spiro atoms. The minimum Gasteiger partial charge on any atom is -0.378 e. The van der Waals surface area contributed by atoms with Gasteiger partial charge < -0.3 is 15.0 Å². The van der Waals surface area contributed by atoms with Crippen molar-refractivity contribution >= 4 is 41.1 Å². The fourth-order valence-electron chi connectivity index (χ4n) is 3.24. The summed E-state index contributed by atoms with van der Waals surface area (Å²) in [5, 5.41) is 11.8. The predicted octanol–water partition coefficient (Wildman–Crippen LogP) is 0.608. The number of amides is 3. The number of anilines is 2. The van der Waals surface area contributed by atoms with Crippen molar-refractivity contribution in [2.75, 3.05) is 49.3 Å². The second-order valence-corrected chi connectivity index (χ2v) is 7.65. The number of nitrogens with one attached hydrogen (secondary N) is 1. The fraction of sp³-hybridized carbons (Fsp3) is 0.389. The van der Waals surface area contributed by atoms with Crippen LogP contribution in [0.3, 0.4) is 0 Å². The number of nitrogens with zero attached hydrogens (tertiary/aromatic N) is 5. The molecular weight excluding hydrogens is 396 g/mol. The summed E-state index contributed by atoms with van der Waals surface area (Å²) in [7, 11) is 3.30. The van der Waals surface area contributed by atoms with Gasteiger partial charge in [0.25, 0.3) is 11.8 Å². The number of fused-ring (bicyclic) bond motifs is 1. The molecule has 29 heavy (non-hydrogen) atoms. The minimum atomic E-state index is -0.370. The fourth-order valence-corrected chi connectivity index (χ4v) is 3.94. The van der Waals surface area contributed by atoms with Crippen molar-refractivity contribution in [1.29, 1.82) is 0 Å². The summed E-state index contributed by atoms with van der Waals surface area (Å²) in [6, 6.07) is 4.70. The monoisotopic (exact) mass is 416 g/mol. The van der Waals surface area contributed by atoms with Gasteiger partial charge >= 0.3 is 0 Å². The molecule has 0 unspecified atom stereocenters. The van der Waals surface area contributed by atoms with Gasteiger partial charge in [0.15, 0.2) is 5.16 Å². The molecule has 4 rings (SSSR count). The normalized spacial score (nSPS) is 16.3. The Hall–Kier alpha value is -2.92. The first-order valence-electron chi connectivity index (χ1n) is 9.07. The van der Waals surface area contributed by atoms with Crippen LogP contribution in [0.5, 0.6) is 0 Å². The number of carbonyl (C=O) groups excluding carboxylic acids is 3. The molecule has 1 aromatic heterocycles. The summed E-state index contributed by atoms with van der Waals surface area (Å²) in [5.41, 5.74) is 1.11. The Morgan fingerprint density at radius 2 is 1.86 bits per heavy atom. The van der Waals surface area contributed by atoms with E-state index >= 15 is 0 Å². The third-order valence-electron chi connectivity index (χ3n) is 4.81. The maximum atomic E-state index is 12.3. The van der Waals surface area contributed by atoms with Crippen LogP contribution in [-0.2, 0) is 16.6 Å². The summed E-state index contributed by atoms with van der Waals surface area (Å²) in [5.74, 6) is -0.0565. The minimum absolute atomic E-state index is 0.138. The highest BCUT2D eigenvalue weighted by molar-refractivity contribution is 7.99. The van der Waals surface area contributed by atoms with Gasteiger partial charge in [-0.05, 0) is 18.2 Å². The van der Waals surface area contributed by atoms with Crippen molar-refractivity contribution in [3.63, 3.8) is 0 Å². The molecule has 2 aliphatic heterocycles. The van der Waals surface area contributed by atoms with Crippen LogP contribution in [-0.4, -0.2) is 76.5 Å². The molecule has 0 aliphatic carbocycles. The highest BCUT2D eigenvalue weighted by Gasteiger charge is 2.32. The van der Waals surface area contributed by atoms with E-state index in [0.29, 0.717) is 35.2 Å². The SMILES string of the molecule is CN1C(=O)c2ccc(NC(=O)CSc3nnc(N4CCOCC4)n3C)cc2C1=O. The van der Waals surface area contributed by atoms with Crippen LogP contribution in [0.25, 0.3) is 0 Å². The number of imide groups is 1. The van der Waals surface area contributed by atoms with Gasteiger partial charge in [-0.1, -0.05) is 11.8 Å². The zero-order chi connectivity index (χ0) is 20.5. The molecule has 0 saturated carbocycles. The van der Waals surface area contributed by atoms with Crippen molar-refractivity contribution in [1.82, 2.24) is 19.7 Å². The van der Waals surface area contributed by atoms with Crippen LogP contribution < -0.4 is 10.2 Å². The molecule has 11 heteroatoms. The molecular formula is C18H20N6O4S. The summed E-state index contributed by atoms with van der Waals surface area (Å²) < 4.78 is 7.21. The van der Waals surface area contributed by atoms with Gasteiger partial charge in [0.05, 0.1) is 30.1 Å². The van der Waals surface area contributed by atoms with Crippen LogP contribution in [0, 0.1) is 0 Å². The number of benzene rings is 1. The molecule has 152 valence electrons. The lowest BCUT2D eigenvalue weighted by molar-refractivity contribution is -0.113. The molecule has 3 heterocycles. The molecule has 2 aliphatic rings. The Morgan fingerprint density at radius 1 is 1.14 bits per heavy atom. The van der Waals surface area contributed by atoms with Gasteiger partial charge in [-0.25, -0.2) is 0 Å². The maximum absolute atomic E-state index is 12.3. The highest BCUT2D eigenvalue weighted by atomic mass is 32.2. The molecule has 1 fully saturated rings. The molecule has 3 amide bonds. The number of hydrogen-bond acceptors (Lipinski definition) is 8. The summed E-state index contributed by atoms with van der Waals surface area (Å²) in [6.07, 6.45) is 0. The van der Waals surface area contributed by atoms with E-state index in [4.69, 9.17) is 4.74 Å². The van der Waals surface area contributed by atoms with Gasteiger partial charge in [-0.3, -0.25) is 23.9 Å². The van der Waals surface area contributed by atoms with Crippen molar-refractivity contribution in [2.45, 2.75) is 5.16 Å². The number of hydrogen-bond donors (Lipinski definition) is 1. The summed E-state index contributed by atoms with van der Waals surface area (Å²) >= 11 is 1.28. The van der Waals surface area contributed by atoms with E-state index in [9.17, 15) is 14.4 Å². The predicted molar refractivity (Wildman–Crippen MR) is 106 cm³/mol. The van der Waals surface area contributed by atoms with Crippen LogP contribution in [0.2, 0.25) is 0 Å². The van der Waals surface area contributed by atoms with Gasteiger partial charge in [-0.15, -0.1) is 10.2 Å². The summed E-state index contributed by atoms with van der Waals surface area (Å²) in [6.45, 7) is 2.82. The first kappa shape index (κ1) is 19.4. The average Bonchev–Trinajstić information content (AvgIpc) is 3.20. The quantitative estimate of drug-likeness (QED) is 0.558. The topological polar surface area (TPSA) is 110 Å². The lowest BCUT2D eigenvalue weighted by atomic mass is 10.1. The van der Waals surface area contributed by atoms with Crippen molar-refractivity contribution in [3.05, 3.63) is 29.3 Å². The number of ether oxygens (including phenoxy) is 1. The third-order valence-corrected chi connectivity index (χ3v) is 5.83. The van der Waals surface area contributed by atoms with Crippen LogP contribution in [0.4, 0.5) is 11.6 Å². The molecule has 1 aromatic carbocycles. The molecule has 0 atom stereocenters. The van der Waals surface area contributed by atoms with E-state index in [1.54, 1.807) is 12.1 Å². The first-order valence-corrected chi connectivity index (χ1v) is 10.1. The molecule has 0 bridgehead atoms. The Balaban J connectivity index is 1.37. The Morgan fingerprint density at radius 3 is 2.62 bits per heavy atom. The Kier molecular flexibility index (Phi) is 5.24. The number of carbonyl (C=O) groups is 3. The zero-order valence-corrected chi connectivity index (χ0v) is 16.9. The Bertz CT molecular complexity index is 985. The van der Waals surface area contributed by atoms with Crippen molar-refractivity contribution in [2.24, 2.45) is 7.05 Å². The molecule has 0 radical (unpaired) electrons. The Labute approximate surface area is 171 Å². The molecule has 1 saturated heterocycles. The maximum Gasteiger partial charge on any atom is 0.261 e. The highest BCUT2D eigenvalue weighted by Crippen LogP contribution is 2.25. The zero-order valence-electron chi connectivity index (χ0n) is 16.0. The van der Waals surface area contributed by atoms with Gasteiger partial charge in [0.1, 0.15) is 0 Å². The number of aromatic nitrogens is 3. The molecule has 10 nitrogen and oxygen atoms in total. The third kappa shape index (κ3) is 3.70. The standard InChI is InChI=1S/C18H20N6O4S/c1-22-15(26)12-4-3-11(9-13(12)16(22)27)19-14(25)10-29-18-21-20-17(23(18)2)24-5-7-28-8-6-24/h3-4,9H,5-8,10H2,1-2H3,(H,19,25). The second-order valence-electron chi connectivity index (χ2n) is 6.71. The largest absolute Gasteiger partial charge is 0.378 e. The van der Waals surface area contributed by atoms with Gasteiger partial charge in [0, 0.05) is 32.9 Å². The van der Waals surface area contributed by atoms with E-state index in [0.717, 1.165) is 23.9 Å². The van der Waals surface area contributed by atoms with Crippen molar-refractivity contribution in [3.8, 4) is 0 Å². The van der Waals surface area contributed by atoms with Gasteiger partial charge in [0.2, 0.25) is 11.9 Å². The number of rotatable bonds is 5. The number of morpholine rings is 1. The van der Waals surface area contributed by atoms with E-state index in [-0.39, 0.29) is 23.5 Å². The summed E-state index contributed by atoms with van der Waals surface area (Å²) in [4.78, 5) is 39.5. The van der Waals surface area contributed by atoms with Crippen molar-refractivity contribution < 1.29 is 19.1 Å². The van der Waals surface area contributed by atoms with E-state index < -0.39 is 0 Å².